The van der Waals surface area contributed by atoms with Crippen LogP contribution in [0, 0.1) is 0 Å². The third kappa shape index (κ3) is 3.89. The summed E-state index contributed by atoms with van der Waals surface area (Å²) in [4.78, 5) is 12.0. The average Bonchev–Trinajstić information content (AvgIpc) is 2.99. The Morgan fingerprint density at radius 1 is 1.12 bits per heavy atom. The average molecular weight is 343 g/mol. The van der Waals surface area contributed by atoms with Gasteiger partial charge >= 0.3 is 0 Å². The highest BCUT2D eigenvalue weighted by Crippen LogP contribution is 2.24. The smallest absolute Gasteiger partial charge is 0.221 e. The molecule has 0 spiro atoms. The fourth-order valence-electron chi connectivity index (χ4n) is 2.70. The third-order valence-corrected chi connectivity index (χ3v) is 4.34. The van der Waals surface area contributed by atoms with Gasteiger partial charge in [0.15, 0.2) is 0 Å². The van der Waals surface area contributed by atoms with E-state index in [1.165, 1.54) is 0 Å². The Bertz CT molecular complexity index is 840. The van der Waals surface area contributed by atoms with Crippen LogP contribution in [-0.2, 0) is 17.8 Å². The van der Waals surface area contributed by atoms with E-state index in [9.17, 15) is 9.90 Å². The lowest BCUT2D eigenvalue weighted by atomic mass is 10.1. The fraction of sp³-hybridized carbons (Fsp3) is 0.211. The van der Waals surface area contributed by atoms with Gasteiger partial charge in [-0.15, -0.1) is 0 Å². The van der Waals surface area contributed by atoms with Crippen molar-refractivity contribution in [3.63, 3.8) is 0 Å². The summed E-state index contributed by atoms with van der Waals surface area (Å²) in [5.74, 6) is 0.277. The van der Waals surface area contributed by atoms with Crippen LogP contribution in [0.25, 0.3) is 10.9 Å². The zero-order valence-corrected chi connectivity index (χ0v) is 14.0. The molecule has 3 rings (SSSR count). The molecule has 24 heavy (non-hydrogen) atoms. The molecule has 2 aromatic carbocycles. The molecule has 0 aliphatic rings. The number of aromatic nitrogens is 1. The molecule has 1 amide bonds. The first kappa shape index (κ1) is 16.4. The van der Waals surface area contributed by atoms with Crippen molar-refractivity contribution < 1.29 is 9.90 Å². The van der Waals surface area contributed by atoms with Gasteiger partial charge in [-0.2, -0.15) is 0 Å². The highest BCUT2D eigenvalue weighted by atomic mass is 35.5. The number of nitrogens with one attached hydrogen (secondary N) is 1. The van der Waals surface area contributed by atoms with Crippen molar-refractivity contribution in [2.45, 2.75) is 19.4 Å². The van der Waals surface area contributed by atoms with Crippen molar-refractivity contribution in [3.05, 3.63) is 65.3 Å². The van der Waals surface area contributed by atoms with Gasteiger partial charge in [-0.3, -0.25) is 4.79 Å². The Morgan fingerprint density at radius 3 is 2.71 bits per heavy atom. The molecule has 1 heterocycles. The first-order valence-corrected chi connectivity index (χ1v) is 8.29. The summed E-state index contributed by atoms with van der Waals surface area (Å²) in [7, 11) is 0. The normalized spacial score (nSPS) is 10.9. The summed E-state index contributed by atoms with van der Waals surface area (Å²) in [6, 6.07) is 14.8. The van der Waals surface area contributed by atoms with Crippen molar-refractivity contribution in [1.29, 1.82) is 0 Å². The van der Waals surface area contributed by atoms with Crippen molar-refractivity contribution in [1.82, 2.24) is 9.88 Å². The number of aryl methyl sites for hydroxylation is 1. The number of aromatic hydroxyl groups is 1. The van der Waals surface area contributed by atoms with E-state index in [0.717, 1.165) is 27.9 Å². The Balaban J connectivity index is 1.48. The first-order chi connectivity index (χ1) is 11.6. The Kier molecular flexibility index (Phi) is 5.06. The molecule has 0 atom stereocenters. The molecule has 0 fully saturated rings. The third-order valence-electron chi connectivity index (χ3n) is 4.01. The molecule has 0 saturated carbocycles. The van der Waals surface area contributed by atoms with Crippen molar-refractivity contribution in [2.24, 2.45) is 0 Å². The van der Waals surface area contributed by atoms with Gasteiger partial charge in [-0.25, -0.2) is 0 Å². The Hall–Kier alpha value is -2.46. The van der Waals surface area contributed by atoms with Crippen molar-refractivity contribution in [3.8, 4) is 5.75 Å². The van der Waals surface area contributed by atoms with Gasteiger partial charge in [0.25, 0.3) is 0 Å². The number of phenolic OH excluding ortho intramolecular Hbond substituents is 1. The van der Waals surface area contributed by atoms with Gasteiger partial charge in [0.2, 0.25) is 5.91 Å². The molecule has 124 valence electrons. The molecular weight excluding hydrogens is 324 g/mol. The van der Waals surface area contributed by atoms with Crippen LogP contribution in [0.3, 0.4) is 0 Å². The van der Waals surface area contributed by atoms with Gasteiger partial charge in [-0.1, -0.05) is 29.8 Å². The van der Waals surface area contributed by atoms with E-state index >= 15 is 0 Å². The summed E-state index contributed by atoms with van der Waals surface area (Å²) in [6.45, 7) is 1.21. The van der Waals surface area contributed by atoms with Crippen LogP contribution in [0.15, 0.2) is 54.7 Å². The number of carbonyl (C=O) groups is 1. The van der Waals surface area contributed by atoms with Gasteiger partial charge in [0, 0.05) is 41.6 Å². The second kappa shape index (κ2) is 7.41. The maximum atomic E-state index is 12.0. The number of nitrogens with zero attached hydrogens (tertiary/aromatic N) is 1. The lowest BCUT2D eigenvalue weighted by Gasteiger charge is -2.08. The van der Waals surface area contributed by atoms with Crippen LogP contribution in [0.5, 0.6) is 5.75 Å². The number of fused-ring (bicyclic) bond motifs is 1. The minimum Gasteiger partial charge on any atom is -0.508 e. The summed E-state index contributed by atoms with van der Waals surface area (Å²) < 4.78 is 2.04. The van der Waals surface area contributed by atoms with Crippen LogP contribution in [0.4, 0.5) is 0 Å². The van der Waals surface area contributed by atoms with Crippen LogP contribution in [0.1, 0.15) is 12.0 Å². The summed E-state index contributed by atoms with van der Waals surface area (Å²) in [6.07, 6.45) is 3.13. The molecular formula is C19H19ClN2O2. The van der Waals surface area contributed by atoms with Crippen LogP contribution in [-0.4, -0.2) is 22.1 Å². The lowest BCUT2D eigenvalue weighted by molar-refractivity contribution is -0.121. The first-order valence-electron chi connectivity index (χ1n) is 7.91. The topological polar surface area (TPSA) is 54.3 Å². The molecule has 0 aliphatic carbocycles. The monoisotopic (exact) mass is 342 g/mol. The molecule has 5 heteroatoms. The zero-order valence-electron chi connectivity index (χ0n) is 13.2. The van der Waals surface area contributed by atoms with Gasteiger partial charge in [0.05, 0.1) is 0 Å². The largest absolute Gasteiger partial charge is 0.508 e. The number of rotatable bonds is 6. The van der Waals surface area contributed by atoms with Gasteiger partial charge < -0.3 is 15.0 Å². The van der Waals surface area contributed by atoms with E-state index in [1.807, 2.05) is 47.2 Å². The molecule has 3 aromatic rings. The quantitative estimate of drug-likeness (QED) is 0.716. The summed E-state index contributed by atoms with van der Waals surface area (Å²) in [5, 5.41) is 13.9. The summed E-state index contributed by atoms with van der Waals surface area (Å²) >= 11 is 6.16. The molecule has 0 bridgehead atoms. The summed E-state index contributed by atoms with van der Waals surface area (Å²) in [5.41, 5.74) is 2.12. The second-order valence-electron chi connectivity index (χ2n) is 5.70. The predicted molar refractivity (Wildman–Crippen MR) is 96.4 cm³/mol. The SMILES string of the molecule is O=C(CCn1ccc2c(Cl)cccc21)NCCc1ccc(O)cc1. The number of carbonyl (C=O) groups excluding carboxylic acids is 1. The predicted octanol–water partition coefficient (Wildman–Crippen LogP) is 3.75. The molecule has 4 nitrogen and oxygen atoms in total. The zero-order chi connectivity index (χ0) is 16.9. The van der Waals surface area contributed by atoms with Gasteiger partial charge in [0.1, 0.15) is 5.75 Å². The van der Waals surface area contributed by atoms with E-state index in [-0.39, 0.29) is 11.7 Å². The molecule has 1 aromatic heterocycles. The number of hydrogen-bond donors (Lipinski definition) is 2. The van der Waals surface area contributed by atoms with Crippen LogP contribution in [0.2, 0.25) is 5.02 Å². The number of phenols is 1. The number of halogens is 1. The number of benzene rings is 2. The van der Waals surface area contributed by atoms with Crippen molar-refractivity contribution in [2.75, 3.05) is 6.54 Å². The lowest BCUT2D eigenvalue weighted by Crippen LogP contribution is -2.26. The van der Waals surface area contributed by atoms with E-state index in [4.69, 9.17) is 11.6 Å². The number of amides is 1. The molecule has 0 radical (unpaired) electrons. The minimum atomic E-state index is 0.0256. The Morgan fingerprint density at radius 2 is 1.92 bits per heavy atom. The second-order valence-corrected chi connectivity index (χ2v) is 6.11. The molecule has 0 unspecified atom stereocenters. The molecule has 0 saturated heterocycles. The minimum absolute atomic E-state index is 0.0256. The van der Waals surface area contributed by atoms with E-state index in [1.54, 1.807) is 12.1 Å². The number of hydrogen-bond acceptors (Lipinski definition) is 2. The maximum Gasteiger partial charge on any atom is 0.221 e. The highest BCUT2D eigenvalue weighted by Gasteiger charge is 2.06. The van der Waals surface area contributed by atoms with Gasteiger partial charge in [-0.05, 0) is 42.3 Å². The fourth-order valence-corrected chi connectivity index (χ4v) is 2.93. The molecule has 2 N–H and O–H groups in total. The van der Waals surface area contributed by atoms with E-state index in [0.29, 0.717) is 19.5 Å². The van der Waals surface area contributed by atoms with Crippen LogP contribution >= 0.6 is 11.6 Å². The maximum absolute atomic E-state index is 12.0. The highest BCUT2D eigenvalue weighted by molar-refractivity contribution is 6.35. The standard InChI is InChI=1S/C19H19ClN2O2/c20-17-2-1-3-18-16(17)9-12-22(18)13-10-19(24)21-11-8-14-4-6-15(23)7-5-14/h1-7,9,12,23H,8,10-11,13H2,(H,21,24). The van der Waals surface area contributed by atoms with Crippen molar-refractivity contribution >= 4 is 28.4 Å². The van der Waals surface area contributed by atoms with Crippen LogP contribution < -0.4 is 5.32 Å². The molecule has 0 aliphatic heterocycles. The van der Waals surface area contributed by atoms with E-state index in [2.05, 4.69) is 5.32 Å². The van der Waals surface area contributed by atoms with E-state index < -0.39 is 0 Å². The Labute approximate surface area is 145 Å².